The fraction of sp³-hybridized carbons (Fsp3) is 0.214. The number of carbonyl (C=O) groups excluding carboxylic acids is 1. The van der Waals surface area contributed by atoms with E-state index in [2.05, 4.69) is 6.07 Å². The third-order valence-corrected chi connectivity index (χ3v) is 4.53. The van der Waals surface area contributed by atoms with Gasteiger partial charge in [-0.3, -0.25) is 4.79 Å². The van der Waals surface area contributed by atoms with Gasteiger partial charge in [-0.2, -0.15) is 0 Å². The van der Waals surface area contributed by atoms with Crippen LogP contribution in [0.15, 0.2) is 30.3 Å². The third-order valence-electron chi connectivity index (χ3n) is 3.31. The molecular weight excluding hydrogens is 280 g/mol. The highest BCUT2D eigenvalue weighted by molar-refractivity contribution is 7.17. The molecule has 19 heavy (non-hydrogen) atoms. The van der Waals surface area contributed by atoms with Gasteiger partial charge in [-0.1, -0.05) is 17.7 Å². The van der Waals surface area contributed by atoms with Crippen molar-refractivity contribution >= 4 is 34.5 Å². The van der Waals surface area contributed by atoms with Gasteiger partial charge in [0.1, 0.15) is 0 Å². The first-order valence-electron chi connectivity index (χ1n) is 6.05. The lowest BCUT2D eigenvalue weighted by molar-refractivity contribution is 0.0739. The van der Waals surface area contributed by atoms with E-state index in [-0.39, 0.29) is 5.91 Å². The summed E-state index contributed by atoms with van der Waals surface area (Å²) in [6.45, 7) is 1.36. The van der Waals surface area contributed by atoms with Gasteiger partial charge in [-0.05, 0) is 41.8 Å². The molecule has 0 aliphatic carbocycles. The summed E-state index contributed by atoms with van der Waals surface area (Å²) in [6.07, 6.45) is 0.875. The zero-order valence-corrected chi connectivity index (χ0v) is 11.8. The van der Waals surface area contributed by atoms with E-state index in [9.17, 15) is 4.79 Å². The second-order valence-corrected chi connectivity index (χ2v) is 6.32. The number of halogens is 1. The predicted molar refractivity (Wildman–Crippen MR) is 78.6 cm³/mol. The summed E-state index contributed by atoms with van der Waals surface area (Å²) in [7, 11) is 0. The van der Waals surface area contributed by atoms with Gasteiger partial charge in [-0.15, -0.1) is 11.3 Å². The van der Waals surface area contributed by atoms with E-state index in [1.54, 1.807) is 12.1 Å². The summed E-state index contributed by atoms with van der Waals surface area (Å²) >= 11 is 7.20. The number of benzene rings is 1. The summed E-state index contributed by atoms with van der Waals surface area (Å²) in [4.78, 5) is 14.9. The maximum atomic E-state index is 12.4. The van der Waals surface area contributed by atoms with E-state index >= 15 is 0 Å². The quantitative estimate of drug-likeness (QED) is 0.821. The van der Waals surface area contributed by atoms with Crippen molar-refractivity contribution in [3.8, 4) is 0 Å². The molecular formula is C14H13ClN2OS. The van der Waals surface area contributed by atoms with Crippen molar-refractivity contribution < 1.29 is 4.79 Å². The Kier molecular flexibility index (Phi) is 3.21. The Morgan fingerprint density at radius 3 is 2.84 bits per heavy atom. The van der Waals surface area contributed by atoms with E-state index in [4.69, 9.17) is 17.3 Å². The Morgan fingerprint density at radius 1 is 1.26 bits per heavy atom. The van der Waals surface area contributed by atoms with Crippen LogP contribution in [-0.2, 0) is 13.0 Å². The average Bonchev–Trinajstić information content (AvgIpc) is 2.83. The van der Waals surface area contributed by atoms with Crippen molar-refractivity contribution in [1.82, 2.24) is 4.90 Å². The summed E-state index contributed by atoms with van der Waals surface area (Å²) < 4.78 is 0.644. The van der Waals surface area contributed by atoms with E-state index in [1.807, 2.05) is 17.0 Å². The Hall–Kier alpha value is -1.52. The first-order chi connectivity index (χ1) is 9.13. The molecule has 0 atom stereocenters. The Labute approximate surface area is 120 Å². The van der Waals surface area contributed by atoms with Gasteiger partial charge < -0.3 is 10.6 Å². The molecule has 0 saturated heterocycles. The van der Waals surface area contributed by atoms with Gasteiger partial charge >= 0.3 is 0 Å². The average molecular weight is 293 g/mol. The molecule has 2 heterocycles. The molecule has 0 saturated carbocycles. The summed E-state index contributed by atoms with van der Waals surface area (Å²) in [5.74, 6) is 0.0463. The minimum Gasteiger partial charge on any atom is -0.399 e. The summed E-state index contributed by atoms with van der Waals surface area (Å²) in [5.41, 5.74) is 8.96. The third kappa shape index (κ3) is 2.46. The number of hydrogen-bond acceptors (Lipinski definition) is 3. The van der Waals surface area contributed by atoms with Crippen molar-refractivity contribution in [3.63, 3.8) is 0 Å². The monoisotopic (exact) mass is 292 g/mol. The van der Waals surface area contributed by atoms with Gasteiger partial charge in [0.15, 0.2) is 0 Å². The molecule has 1 aromatic heterocycles. The maximum absolute atomic E-state index is 12.4. The van der Waals surface area contributed by atoms with Crippen LogP contribution in [0.5, 0.6) is 0 Å². The van der Waals surface area contributed by atoms with Crippen LogP contribution in [0.1, 0.15) is 20.8 Å². The van der Waals surface area contributed by atoms with Gasteiger partial charge in [-0.25, -0.2) is 0 Å². The molecule has 0 bridgehead atoms. The van der Waals surface area contributed by atoms with Crippen molar-refractivity contribution in [2.45, 2.75) is 13.0 Å². The summed E-state index contributed by atoms with van der Waals surface area (Å²) in [5, 5.41) is 0. The second kappa shape index (κ2) is 4.87. The van der Waals surface area contributed by atoms with Crippen LogP contribution in [0.2, 0.25) is 4.34 Å². The molecule has 3 rings (SSSR count). The minimum atomic E-state index is 0.0463. The highest BCUT2D eigenvalue weighted by Crippen LogP contribution is 2.26. The fourth-order valence-electron chi connectivity index (χ4n) is 2.34. The second-order valence-electron chi connectivity index (χ2n) is 4.61. The molecule has 1 aromatic carbocycles. The van der Waals surface area contributed by atoms with Crippen LogP contribution < -0.4 is 5.73 Å². The number of nitrogens with two attached hydrogens (primary N) is 1. The number of rotatable bonds is 1. The lowest BCUT2D eigenvalue weighted by atomic mass is 9.99. The lowest BCUT2D eigenvalue weighted by Crippen LogP contribution is -2.35. The normalized spacial score (nSPS) is 14.3. The van der Waals surface area contributed by atoms with Crippen LogP contribution in [0, 0.1) is 0 Å². The van der Waals surface area contributed by atoms with Gasteiger partial charge in [0.2, 0.25) is 0 Å². The van der Waals surface area contributed by atoms with Crippen molar-refractivity contribution in [2.24, 2.45) is 0 Å². The Morgan fingerprint density at radius 2 is 2.11 bits per heavy atom. The molecule has 2 aromatic rings. The van der Waals surface area contributed by atoms with Crippen molar-refractivity contribution in [1.29, 1.82) is 0 Å². The number of nitrogens with zero attached hydrogens (tertiary/aromatic N) is 1. The van der Waals surface area contributed by atoms with Crippen LogP contribution in [0.3, 0.4) is 0 Å². The molecule has 5 heteroatoms. The zero-order chi connectivity index (χ0) is 13.4. The number of thiophene rings is 1. The van der Waals surface area contributed by atoms with E-state index in [1.165, 1.54) is 16.9 Å². The molecule has 2 N–H and O–H groups in total. The number of amides is 1. The van der Waals surface area contributed by atoms with Crippen LogP contribution in [-0.4, -0.2) is 17.4 Å². The van der Waals surface area contributed by atoms with Gasteiger partial charge in [0.05, 0.1) is 9.21 Å². The smallest absolute Gasteiger partial charge is 0.264 e. The number of carbonyl (C=O) groups is 1. The van der Waals surface area contributed by atoms with E-state index < -0.39 is 0 Å². The van der Waals surface area contributed by atoms with Crippen molar-refractivity contribution in [3.05, 3.63) is 50.7 Å². The predicted octanol–water partition coefficient (Wildman–Crippen LogP) is 3.18. The first-order valence-corrected chi connectivity index (χ1v) is 7.25. The number of nitrogen functional groups attached to an aromatic ring is 1. The Bertz CT molecular complexity index is 638. The molecule has 98 valence electrons. The zero-order valence-electron chi connectivity index (χ0n) is 10.2. The van der Waals surface area contributed by atoms with Gasteiger partial charge in [0, 0.05) is 18.8 Å². The van der Waals surface area contributed by atoms with Crippen LogP contribution in [0.25, 0.3) is 0 Å². The SMILES string of the molecule is Nc1ccc2c(c1)CN(C(=O)c1ccc(Cl)s1)CC2. The topological polar surface area (TPSA) is 46.3 Å². The molecule has 1 aliphatic heterocycles. The number of anilines is 1. The molecule has 1 amide bonds. The summed E-state index contributed by atoms with van der Waals surface area (Å²) in [6, 6.07) is 9.46. The largest absolute Gasteiger partial charge is 0.399 e. The molecule has 3 nitrogen and oxygen atoms in total. The molecule has 0 spiro atoms. The minimum absolute atomic E-state index is 0.0463. The van der Waals surface area contributed by atoms with E-state index in [0.717, 1.165) is 24.2 Å². The standard InChI is InChI=1S/C14H13ClN2OS/c15-13-4-3-12(19-13)14(18)17-6-5-9-1-2-11(16)7-10(9)8-17/h1-4,7H,5-6,8,16H2. The molecule has 0 unspecified atom stereocenters. The van der Waals surface area contributed by atoms with E-state index in [0.29, 0.717) is 15.8 Å². The Balaban J connectivity index is 1.83. The van der Waals surface area contributed by atoms with Gasteiger partial charge in [0.25, 0.3) is 5.91 Å². The maximum Gasteiger partial charge on any atom is 0.264 e. The molecule has 0 radical (unpaired) electrons. The molecule has 1 aliphatic rings. The highest BCUT2D eigenvalue weighted by atomic mass is 35.5. The first kappa shape index (κ1) is 12.5. The fourth-order valence-corrected chi connectivity index (χ4v) is 3.35. The highest BCUT2D eigenvalue weighted by Gasteiger charge is 2.22. The number of fused-ring (bicyclic) bond motifs is 1. The number of hydrogen-bond donors (Lipinski definition) is 1. The van der Waals surface area contributed by atoms with Crippen LogP contribution in [0.4, 0.5) is 5.69 Å². The van der Waals surface area contributed by atoms with Crippen molar-refractivity contribution in [2.75, 3.05) is 12.3 Å². The lowest BCUT2D eigenvalue weighted by Gasteiger charge is -2.28. The van der Waals surface area contributed by atoms with Crippen LogP contribution >= 0.6 is 22.9 Å². The molecule has 0 fully saturated rings.